The Bertz CT molecular complexity index is 596. The van der Waals surface area contributed by atoms with Crippen molar-refractivity contribution < 1.29 is 4.79 Å². The number of rotatable bonds is 2. The minimum absolute atomic E-state index is 0.0433. The van der Waals surface area contributed by atoms with E-state index in [0.29, 0.717) is 6.54 Å². The van der Waals surface area contributed by atoms with Gasteiger partial charge in [0.25, 0.3) is 0 Å². The Labute approximate surface area is 105 Å². The summed E-state index contributed by atoms with van der Waals surface area (Å²) in [5.74, 6) is 0.675. The van der Waals surface area contributed by atoms with E-state index < -0.39 is 0 Å². The monoisotopic (exact) mass is 241 g/mol. The zero-order chi connectivity index (χ0) is 12.5. The van der Waals surface area contributed by atoms with Crippen LogP contribution in [0.25, 0.3) is 10.9 Å². The number of nitrogens with zero attached hydrogens (tertiary/aromatic N) is 2. The van der Waals surface area contributed by atoms with Gasteiger partial charge in [-0.05, 0) is 24.6 Å². The van der Waals surface area contributed by atoms with Crippen molar-refractivity contribution >= 4 is 22.6 Å². The van der Waals surface area contributed by atoms with Gasteiger partial charge in [-0.15, -0.1) is 0 Å². The smallest absolute Gasteiger partial charge is 0.222 e. The van der Waals surface area contributed by atoms with Crippen molar-refractivity contribution in [1.82, 2.24) is 4.98 Å². The molecule has 1 atom stereocenters. The van der Waals surface area contributed by atoms with Gasteiger partial charge >= 0.3 is 0 Å². The van der Waals surface area contributed by atoms with Gasteiger partial charge in [0, 0.05) is 18.5 Å². The lowest BCUT2D eigenvalue weighted by Crippen LogP contribution is -2.27. The fraction of sp³-hybridized carbons (Fsp3) is 0.286. The van der Waals surface area contributed by atoms with Gasteiger partial charge in [0.1, 0.15) is 5.82 Å². The highest BCUT2D eigenvalue weighted by Gasteiger charge is 2.27. The Morgan fingerprint density at radius 3 is 2.89 bits per heavy atom. The van der Waals surface area contributed by atoms with Crippen LogP contribution in [0.4, 0.5) is 5.82 Å². The number of carbonyl (C=O) groups excluding carboxylic acids is 1. The standard InChI is InChI=1S/C14H15N3O/c15-14(18)11-7-8-17(9-11)13-6-5-10-3-1-2-4-12(10)16-13/h1-6,11H,7-9H2,(H2,15,18)/t11-/m0/s1. The molecule has 18 heavy (non-hydrogen) atoms. The lowest BCUT2D eigenvalue weighted by Gasteiger charge is -2.17. The molecule has 2 heterocycles. The van der Waals surface area contributed by atoms with E-state index in [4.69, 9.17) is 5.73 Å². The van der Waals surface area contributed by atoms with E-state index in [1.807, 2.05) is 30.3 Å². The van der Waals surface area contributed by atoms with E-state index >= 15 is 0 Å². The van der Waals surface area contributed by atoms with Gasteiger partial charge in [0.2, 0.25) is 5.91 Å². The Kier molecular flexibility index (Phi) is 2.63. The summed E-state index contributed by atoms with van der Waals surface area (Å²) < 4.78 is 0. The van der Waals surface area contributed by atoms with Crippen molar-refractivity contribution in [2.75, 3.05) is 18.0 Å². The van der Waals surface area contributed by atoms with Crippen LogP contribution >= 0.6 is 0 Å². The van der Waals surface area contributed by atoms with E-state index in [2.05, 4.69) is 16.0 Å². The normalized spacial score (nSPS) is 19.3. The molecule has 0 spiro atoms. The molecule has 1 fully saturated rings. The van der Waals surface area contributed by atoms with Gasteiger partial charge in [0.15, 0.2) is 0 Å². The number of carbonyl (C=O) groups is 1. The van der Waals surface area contributed by atoms with Crippen LogP contribution in [-0.4, -0.2) is 24.0 Å². The minimum Gasteiger partial charge on any atom is -0.369 e. The second-order valence-corrected chi connectivity index (χ2v) is 4.70. The molecule has 1 aliphatic rings. The first-order valence-corrected chi connectivity index (χ1v) is 6.14. The van der Waals surface area contributed by atoms with Crippen LogP contribution in [0.2, 0.25) is 0 Å². The molecular weight excluding hydrogens is 226 g/mol. The zero-order valence-corrected chi connectivity index (χ0v) is 10.0. The van der Waals surface area contributed by atoms with Crippen molar-refractivity contribution in [2.45, 2.75) is 6.42 Å². The quantitative estimate of drug-likeness (QED) is 0.867. The number of benzene rings is 1. The van der Waals surface area contributed by atoms with E-state index in [0.717, 1.165) is 29.7 Å². The second kappa shape index (κ2) is 4.29. The molecule has 92 valence electrons. The van der Waals surface area contributed by atoms with Crippen LogP contribution in [-0.2, 0) is 4.79 Å². The molecule has 1 saturated heterocycles. The molecule has 4 nitrogen and oxygen atoms in total. The first-order valence-electron chi connectivity index (χ1n) is 6.14. The fourth-order valence-corrected chi connectivity index (χ4v) is 2.43. The molecule has 1 aromatic heterocycles. The van der Waals surface area contributed by atoms with Gasteiger partial charge < -0.3 is 10.6 Å². The third-order valence-electron chi connectivity index (χ3n) is 3.50. The number of hydrogen-bond donors (Lipinski definition) is 1. The highest BCUT2D eigenvalue weighted by molar-refractivity contribution is 5.81. The summed E-state index contributed by atoms with van der Waals surface area (Å²) in [6.45, 7) is 1.53. The van der Waals surface area contributed by atoms with Crippen molar-refractivity contribution in [3.8, 4) is 0 Å². The molecular formula is C14H15N3O. The highest BCUT2D eigenvalue weighted by Crippen LogP contribution is 2.24. The first kappa shape index (κ1) is 11.0. The average molecular weight is 241 g/mol. The topological polar surface area (TPSA) is 59.2 Å². The minimum atomic E-state index is -0.210. The average Bonchev–Trinajstić information content (AvgIpc) is 2.88. The van der Waals surface area contributed by atoms with Crippen molar-refractivity contribution in [3.63, 3.8) is 0 Å². The third-order valence-corrected chi connectivity index (χ3v) is 3.50. The largest absolute Gasteiger partial charge is 0.369 e. The van der Waals surface area contributed by atoms with E-state index in [1.54, 1.807) is 0 Å². The van der Waals surface area contributed by atoms with Crippen molar-refractivity contribution in [2.24, 2.45) is 11.7 Å². The molecule has 0 saturated carbocycles. The number of primary amides is 1. The molecule has 2 aromatic rings. The Morgan fingerprint density at radius 1 is 1.28 bits per heavy atom. The van der Waals surface area contributed by atoms with Gasteiger partial charge in [-0.1, -0.05) is 18.2 Å². The fourth-order valence-electron chi connectivity index (χ4n) is 2.43. The number of anilines is 1. The van der Waals surface area contributed by atoms with E-state index in [1.165, 1.54) is 0 Å². The molecule has 2 N–H and O–H groups in total. The predicted molar refractivity (Wildman–Crippen MR) is 71.3 cm³/mol. The number of hydrogen-bond acceptors (Lipinski definition) is 3. The Morgan fingerprint density at radius 2 is 2.11 bits per heavy atom. The predicted octanol–water partition coefficient (Wildman–Crippen LogP) is 1.55. The van der Waals surface area contributed by atoms with Crippen molar-refractivity contribution in [1.29, 1.82) is 0 Å². The molecule has 3 rings (SSSR count). The number of nitrogens with two attached hydrogens (primary N) is 1. The van der Waals surface area contributed by atoms with Crippen molar-refractivity contribution in [3.05, 3.63) is 36.4 Å². The van der Waals surface area contributed by atoms with E-state index in [-0.39, 0.29) is 11.8 Å². The maximum atomic E-state index is 11.2. The second-order valence-electron chi connectivity index (χ2n) is 4.70. The van der Waals surface area contributed by atoms with Crippen LogP contribution < -0.4 is 10.6 Å². The molecule has 0 radical (unpaired) electrons. The molecule has 4 heteroatoms. The summed E-state index contributed by atoms with van der Waals surface area (Å²) >= 11 is 0. The summed E-state index contributed by atoms with van der Waals surface area (Å²) in [7, 11) is 0. The van der Waals surface area contributed by atoms with Crippen LogP contribution in [0.3, 0.4) is 0 Å². The molecule has 1 amide bonds. The highest BCUT2D eigenvalue weighted by atomic mass is 16.1. The number of amides is 1. The summed E-state index contributed by atoms with van der Waals surface area (Å²) in [5, 5.41) is 1.13. The summed E-state index contributed by atoms with van der Waals surface area (Å²) in [4.78, 5) is 17.9. The number of para-hydroxylation sites is 1. The molecule has 0 bridgehead atoms. The maximum absolute atomic E-state index is 11.2. The van der Waals surface area contributed by atoms with Crippen LogP contribution in [0.1, 0.15) is 6.42 Å². The summed E-state index contributed by atoms with van der Waals surface area (Å²) in [6, 6.07) is 12.1. The molecule has 0 unspecified atom stereocenters. The number of fused-ring (bicyclic) bond motifs is 1. The van der Waals surface area contributed by atoms with Crippen LogP contribution in [0.15, 0.2) is 36.4 Å². The molecule has 1 aliphatic heterocycles. The third kappa shape index (κ3) is 1.90. The van der Waals surface area contributed by atoms with E-state index in [9.17, 15) is 4.79 Å². The molecule has 1 aromatic carbocycles. The number of aromatic nitrogens is 1. The van der Waals surface area contributed by atoms with Gasteiger partial charge in [-0.3, -0.25) is 4.79 Å². The van der Waals surface area contributed by atoms with Crippen LogP contribution in [0.5, 0.6) is 0 Å². The lowest BCUT2D eigenvalue weighted by molar-refractivity contribution is -0.121. The summed E-state index contributed by atoms with van der Waals surface area (Å²) in [6.07, 6.45) is 0.823. The summed E-state index contributed by atoms with van der Waals surface area (Å²) in [5.41, 5.74) is 6.33. The zero-order valence-electron chi connectivity index (χ0n) is 10.0. The lowest BCUT2D eigenvalue weighted by atomic mass is 10.1. The van der Waals surface area contributed by atoms with Gasteiger partial charge in [-0.2, -0.15) is 0 Å². The molecule has 0 aliphatic carbocycles. The van der Waals surface area contributed by atoms with Crippen LogP contribution in [0, 0.1) is 5.92 Å². The van der Waals surface area contributed by atoms with Gasteiger partial charge in [0.05, 0.1) is 11.4 Å². The first-order chi connectivity index (χ1) is 8.74. The maximum Gasteiger partial charge on any atom is 0.222 e. The van der Waals surface area contributed by atoms with Gasteiger partial charge in [-0.25, -0.2) is 4.98 Å². The Balaban J connectivity index is 1.89. The number of pyridine rings is 1. The SMILES string of the molecule is NC(=O)[C@H]1CCN(c2ccc3ccccc3n2)C1. The Hall–Kier alpha value is -2.10.